The zero-order valence-electron chi connectivity index (χ0n) is 12.9. The van der Waals surface area contributed by atoms with Crippen LogP contribution in [0.4, 0.5) is 4.39 Å². The summed E-state index contributed by atoms with van der Waals surface area (Å²) in [5.74, 6) is 0.119. The Morgan fingerprint density at radius 2 is 1.79 bits per heavy atom. The van der Waals surface area contributed by atoms with E-state index in [0.717, 1.165) is 12.1 Å². The summed E-state index contributed by atoms with van der Waals surface area (Å²) >= 11 is 0. The van der Waals surface area contributed by atoms with Crippen molar-refractivity contribution in [1.82, 2.24) is 4.31 Å². The molecule has 3 rings (SSSR count). The molecule has 2 aromatic carbocycles. The van der Waals surface area contributed by atoms with Crippen molar-refractivity contribution in [2.45, 2.75) is 16.9 Å². The molecule has 0 spiro atoms. The van der Waals surface area contributed by atoms with Gasteiger partial charge in [-0.05, 0) is 42.8 Å². The number of hydrogen-bond donors (Lipinski definition) is 1. The minimum atomic E-state index is -3.76. The van der Waals surface area contributed by atoms with Gasteiger partial charge in [0.2, 0.25) is 10.0 Å². The van der Waals surface area contributed by atoms with Gasteiger partial charge in [-0.1, -0.05) is 18.2 Å². The maximum Gasteiger partial charge on any atom is 0.243 e. The lowest BCUT2D eigenvalue weighted by molar-refractivity contribution is 0.00875. The first-order valence-electron chi connectivity index (χ1n) is 7.55. The quantitative estimate of drug-likeness (QED) is 0.895. The fourth-order valence-electron chi connectivity index (χ4n) is 2.63. The van der Waals surface area contributed by atoms with Gasteiger partial charge in [0.1, 0.15) is 23.8 Å². The second kappa shape index (κ2) is 6.51. The Hall–Kier alpha value is -1.96. The lowest BCUT2D eigenvalue weighted by Gasteiger charge is -2.23. The van der Waals surface area contributed by atoms with E-state index < -0.39 is 21.4 Å². The molecule has 1 N–H and O–H groups in total. The molecule has 0 saturated carbocycles. The Kier molecular flexibility index (Phi) is 4.58. The maximum absolute atomic E-state index is 13.0. The van der Waals surface area contributed by atoms with Crippen molar-refractivity contribution < 1.29 is 22.7 Å². The van der Waals surface area contributed by atoms with E-state index in [0.29, 0.717) is 5.75 Å². The molecule has 0 aliphatic carbocycles. The molecule has 0 amide bonds. The molecule has 2 aromatic rings. The molecule has 1 aliphatic rings. The van der Waals surface area contributed by atoms with Crippen molar-refractivity contribution in [2.24, 2.45) is 0 Å². The Bertz CT molecular complexity index is 795. The summed E-state index contributed by atoms with van der Waals surface area (Å²) in [5, 5.41) is 10.6. The van der Waals surface area contributed by atoms with Gasteiger partial charge < -0.3 is 9.84 Å². The monoisotopic (exact) mass is 351 g/mol. The topological polar surface area (TPSA) is 66.8 Å². The minimum absolute atomic E-state index is 0.00640. The first-order chi connectivity index (χ1) is 11.4. The van der Waals surface area contributed by atoms with E-state index >= 15 is 0 Å². The van der Waals surface area contributed by atoms with Crippen LogP contribution < -0.4 is 4.74 Å². The second-order valence-electron chi connectivity index (χ2n) is 5.87. The van der Waals surface area contributed by atoms with Crippen molar-refractivity contribution in [3.8, 4) is 5.75 Å². The van der Waals surface area contributed by atoms with E-state index in [9.17, 15) is 17.9 Å². The molecule has 0 aromatic heterocycles. The van der Waals surface area contributed by atoms with E-state index in [1.54, 1.807) is 12.1 Å². The number of β-amino-alcohol motifs (C(OH)–C–C–N with tert-alkyl or cyclic N) is 1. The molecule has 1 unspecified atom stereocenters. The molecule has 24 heavy (non-hydrogen) atoms. The summed E-state index contributed by atoms with van der Waals surface area (Å²) < 4.78 is 44.8. The normalized spacial score (nSPS) is 21.8. The zero-order valence-corrected chi connectivity index (χ0v) is 13.7. The minimum Gasteiger partial charge on any atom is -0.491 e. The predicted molar refractivity (Wildman–Crippen MR) is 86.7 cm³/mol. The van der Waals surface area contributed by atoms with E-state index in [-0.39, 0.29) is 31.0 Å². The Balaban J connectivity index is 1.68. The number of sulfonamides is 1. The fraction of sp³-hybridized carbons (Fsp3) is 0.294. The number of benzene rings is 2. The smallest absolute Gasteiger partial charge is 0.243 e. The Morgan fingerprint density at radius 3 is 2.46 bits per heavy atom. The van der Waals surface area contributed by atoms with Gasteiger partial charge in [-0.2, -0.15) is 4.31 Å². The molecule has 1 atom stereocenters. The summed E-state index contributed by atoms with van der Waals surface area (Å²) in [7, 11) is -3.76. The van der Waals surface area contributed by atoms with Crippen molar-refractivity contribution in [2.75, 3.05) is 19.7 Å². The summed E-state index contributed by atoms with van der Waals surface area (Å²) in [5.41, 5.74) is -1.25. The van der Waals surface area contributed by atoms with Crippen molar-refractivity contribution in [3.63, 3.8) is 0 Å². The van der Waals surface area contributed by atoms with E-state index in [1.807, 2.05) is 18.2 Å². The van der Waals surface area contributed by atoms with Crippen LogP contribution in [-0.4, -0.2) is 43.1 Å². The van der Waals surface area contributed by atoms with E-state index in [2.05, 4.69) is 0 Å². The molecule has 7 heteroatoms. The van der Waals surface area contributed by atoms with Crippen LogP contribution in [0.1, 0.15) is 6.42 Å². The van der Waals surface area contributed by atoms with Crippen LogP contribution in [0.25, 0.3) is 0 Å². The summed E-state index contributed by atoms with van der Waals surface area (Å²) in [6.07, 6.45) is 0.278. The zero-order chi connectivity index (χ0) is 17.2. The van der Waals surface area contributed by atoms with Gasteiger partial charge in [-0.25, -0.2) is 12.8 Å². The number of ether oxygens (including phenoxy) is 1. The molecule has 1 fully saturated rings. The standard InChI is InChI=1S/C17H18FNO4S/c18-14-6-8-16(9-7-14)24(21,22)19-11-10-17(20,12-19)13-23-15-4-2-1-3-5-15/h1-9,20H,10-13H2. The number of para-hydroxylation sites is 1. The maximum atomic E-state index is 13.0. The third-order valence-electron chi connectivity index (χ3n) is 4.00. The van der Waals surface area contributed by atoms with Crippen LogP contribution in [0.2, 0.25) is 0 Å². The lowest BCUT2D eigenvalue weighted by Crippen LogP contribution is -2.40. The average molecular weight is 351 g/mol. The van der Waals surface area contributed by atoms with Gasteiger partial charge in [0.25, 0.3) is 0 Å². The molecule has 0 bridgehead atoms. The molecule has 5 nitrogen and oxygen atoms in total. The van der Waals surface area contributed by atoms with Crippen molar-refractivity contribution in [3.05, 3.63) is 60.4 Å². The van der Waals surface area contributed by atoms with Crippen molar-refractivity contribution in [1.29, 1.82) is 0 Å². The van der Waals surface area contributed by atoms with Gasteiger partial charge in [0, 0.05) is 13.1 Å². The van der Waals surface area contributed by atoms with Gasteiger partial charge in [-0.15, -0.1) is 0 Å². The summed E-state index contributed by atoms with van der Waals surface area (Å²) in [6.45, 7) is 0.139. The van der Waals surface area contributed by atoms with E-state index in [4.69, 9.17) is 4.74 Å². The highest BCUT2D eigenvalue weighted by molar-refractivity contribution is 7.89. The first kappa shape index (κ1) is 16.9. The number of rotatable bonds is 5. The van der Waals surface area contributed by atoms with Crippen LogP contribution in [0, 0.1) is 5.82 Å². The number of hydrogen-bond acceptors (Lipinski definition) is 4. The molecular formula is C17H18FNO4S. The lowest BCUT2D eigenvalue weighted by atomic mass is 10.1. The van der Waals surface area contributed by atoms with Gasteiger partial charge in [0.15, 0.2) is 0 Å². The second-order valence-corrected chi connectivity index (χ2v) is 7.81. The SMILES string of the molecule is O=S(=O)(c1ccc(F)cc1)N1CCC(O)(COc2ccccc2)C1. The van der Waals surface area contributed by atoms with Crippen LogP contribution in [-0.2, 0) is 10.0 Å². The van der Waals surface area contributed by atoms with Gasteiger partial charge >= 0.3 is 0 Å². The average Bonchev–Trinajstić information content (AvgIpc) is 2.98. The molecule has 1 aliphatic heterocycles. The number of aliphatic hydroxyl groups is 1. The molecule has 1 saturated heterocycles. The van der Waals surface area contributed by atoms with Gasteiger partial charge in [0.05, 0.1) is 4.90 Å². The Labute approximate surface area is 140 Å². The van der Waals surface area contributed by atoms with Crippen LogP contribution in [0.15, 0.2) is 59.5 Å². The number of nitrogens with zero attached hydrogens (tertiary/aromatic N) is 1. The third kappa shape index (κ3) is 3.58. The highest BCUT2D eigenvalue weighted by atomic mass is 32.2. The van der Waals surface area contributed by atoms with Crippen molar-refractivity contribution >= 4 is 10.0 Å². The van der Waals surface area contributed by atoms with Crippen LogP contribution >= 0.6 is 0 Å². The highest BCUT2D eigenvalue weighted by Crippen LogP contribution is 2.28. The molecule has 128 valence electrons. The first-order valence-corrected chi connectivity index (χ1v) is 8.99. The van der Waals surface area contributed by atoms with E-state index in [1.165, 1.54) is 16.4 Å². The molecular weight excluding hydrogens is 333 g/mol. The van der Waals surface area contributed by atoms with Crippen LogP contribution in [0.5, 0.6) is 5.75 Å². The number of halogens is 1. The molecule has 0 radical (unpaired) electrons. The van der Waals surface area contributed by atoms with Gasteiger partial charge in [-0.3, -0.25) is 0 Å². The summed E-state index contributed by atoms with van der Waals surface area (Å²) in [6, 6.07) is 13.7. The third-order valence-corrected chi connectivity index (χ3v) is 5.86. The summed E-state index contributed by atoms with van der Waals surface area (Å²) in [4.78, 5) is 0.0112. The molecule has 1 heterocycles. The highest BCUT2D eigenvalue weighted by Gasteiger charge is 2.42. The predicted octanol–water partition coefficient (Wildman–Crippen LogP) is 2.03. The largest absolute Gasteiger partial charge is 0.491 e. The van der Waals surface area contributed by atoms with Crippen LogP contribution in [0.3, 0.4) is 0 Å². The fourth-order valence-corrected chi connectivity index (χ4v) is 4.15. The Morgan fingerprint density at radius 1 is 1.12 bits per heavy atom.